The molecule has 0 saturated carbocycles. The Morgan fingerprint density at radius 3 is 2.27 bits per heavy atom. The number of hydrogen-bond acceptors (Lipinski definition) is 5. The molecule has 2 fully saturated rings. The van der Waals surface area contributed by atoms with Crippen LogP contribution in [0.1, 0.15) is 50.5 Å². The SMILES string of the molecule is O=CC1(NCCCN2CCCCC2)C=CC(c2ccccc2)=CC1OCCN1CCCCC1. The van der Waals surface area contributed by atoms with E-state index in [0.29, 0.717) is 6.61 Å². The Morgan fingerprint density at radius 1 is 0.939 bits per heavy atom. The zero-order valence-electron chi connectivity index (χ0n) is 20.1. The van der Waals surface area contributed by atoms with Crippen LogP contribution in [0.4, 0.5) is 0 Å². The highest BCUT2D eigenvalue weighted by atomic mass is 16.5. The van der Waals surface area contributed by atoms with E-state index in [1.165, 1.54) is 51.6 Å². The number of nitrogens with zero attached hydrogens (tertiary/aromatic N) is 2. The predicted octanol–water partition coefficient (Wildman–Crippen LogP) is 3.91. The largest absolute Gasteiger partial charge is 0.370 e. The van der Waals surface area contributed by atoms with Gasteiger partial charge in [0.1, 0.15) is 17.9 Å². The van der Waals surface area contributed by atoms with Gasteiger partial charge in [-0.15, -0.1) is 0 Å². The monoisotopic (exact) mass is 451 g/mol. The van der Waals surface area contributed by atoms with E-state index in [-0.39, 0.29) is 6.10 Å². The number of aldehydes is 1. The molecule has 3 aliphatic rings. The number of allylic oxidation sites excluding steroid dienone is 2. The van der Waals surface area contributed by atoms with Crippen LogP contribution in [0, 0.1) is 0 Å². The van der Waals surface area contributed by atoms with Gasteiger partial charge in [0, 0.05) is 6.54 Å². The van der Waals surface area contributed by atoms with Crippen molar-refractivity contribution in [1.29, 1.82) is 0 Å². The maximum atomic E-state index is 12.5. The predicted molar refractivity (Wildman–Crippen MR) is 135 cm³/mol. The summed E-state index contributed by atoms with van der Waals surface area (Å²) >= 11 is 0. The van der Waals surface area contributed by atoms with Crippen molar-refractivity contribution >= 4 is 11.9 Å². The molecular weight excluding hydrogens is 410 g/mol. The quantitative estimate of drug-likeness (QED) is 0.408. The summed E-state index contributed by atoms with van der Waals surface area (Å²) in [6.07, 6.45) is 15.9. The Kier molecular flexibility index (Phi) is 9.30. The first-order valence-electron chi connectivity index (χ1n) is 13.0. The molecule has 2 atom stereocenters. The van der Waals surface area contributed by atoms with Crippen molar-refractivity contribution in [3.63, 3.8) is 0 Å². The lowest BCUT2D eigenvalue weighted by Gasteiger charge is -2.37. The fourth-order valence-corrected chi connectivity index (χ4v) is 5.28. The minimum Gasteiger partial charge on any atom is -0.370 e. The second-order valence-corrected chi connectivity index (χ2v) is 9.75. The summed E-state index contributed by atoms with van der Waals surface area (Å²) in [5.74, 6) is 0. The van der Waals surface area contributed by atoms with Crippen LogP contribution in [0.15, 0.2) is 48.6 Å². The van der Waals surface area contributed by atoms with Gasteiger partial charge in [-0.05, 0) is 88.6 Å². The average molecular weight is 452 g/mol. The van der Waals surface area contributed by atoms with Gasteiger partial charge < -0.3 is 19.3 Å². The molecule has 1 N–H and O–H groups in total. The van der Waals surface area contributed by atoms with Crippen LogP contribution in [-0.4, -0.2) is 80.1 Å². The first kappa shape index (κ1) is 24.3. The molecule has 33 heavy (non-hydrogen) atoms. The van der Waals surface area contributed by atoms with Crippen molar-refractivity contribution in [2.75, 3.05) is 52.4 Å². The molecule has 5 heteroatoms. The van der Waals surface area contributed by atoms with Crippen molar-refractivity contribution in [3.05, 3.63) is 54.1 Å². The third kappa shape index (κ3) is 6.86. The fraction of sp³-hybridized carbons (Fsp3) is 0.607. The summed E-state index contributed by atoms with van der Waals surface area (Å²) in [7, 11) is 0. The zero-order valence-corrected chi connectivity index (χ0v) is 20.1. The second kappa shape index (κ2) is 12.6. The van der Waals surface area contributed by atoms with Crippen molar-refractivity contribution < 1.29 is 9.53 Å². The van der Waals surface area contributed by atoms with Gasteiger partial charge in [-0.2, -0.15) is 0 Å². The molecule has 2 saturated heterocycles. The lowest BCUT2D eigenvalue weighted by atomic mass is 9.85. The van der Waals surface area contributed by atoms with E-state index in [1.807, 2.05) is 12.1 Å². The standard InChI is InChI=1S/C28H41N3O2/c32-24-28(29-15-10-20-30-16-6-2-7-17-30)14-13-26(25-11-4-1-5-12-25)23-27(28)33-22-21-31-18-8-3-9-19-31/h1,4-5,11-14,23-24,27,29H,2-3,6-10,15-22H2. The fourth-order valence-electron chi connectivity index (χ4n) is 5.28. The molecule has 2 unspecified atom stereocenters. The second-order valence-electron chi connectivity index (χ2n) is 9.75. The zero-order chi connectivity index (χ0) is 22.8. The maximum Gasteiger partial charge on any atom is 0.147 e. The number of carbonyl (C=O) groups is 1. The molecule has 0 aromatic heterocycles. The minimum atomic E-state index is -0.803. The summed E-state index contributed by atoms with van der Waals surface area (Å²) in [6.45, 7) is 8.21. The molecule has 2 aliphatic heterocycles. The Morgan fingerprint density at radius 2 is 1.61 bits per heavy atom. The third-order valence-electron chi connectivity index (χ3n) is 7.33. The van der Waals surface area contributed by atoms with Gasteiger partial charge in [-0.25, -0.2) is 0 Å². The van der Waals surface area contributed by atoms with Gasteiger partial charge in [0.15, 0.2) is 0 Å². The molecule has 2 heterocycles. The molecule has 4 rings (SSSR count). The molecule has 5 nitrogen and oxygen atoms in total. The van der Waals surface area contributed by atoms with Crippen LogP contribution < -0.4 is 5.32 Å². The van der Waals surface area contributed by atoms with Gasteiger partial charge in [0.25, 0.3) is 0 Å². The minimum absolute atomic E-state index is 0.310. The smallest absolute Gasteiger partial charge is 0.147 e. The average Bonchev–Trinajstić information content (AvgIpc) is 2.89. The summed E-state index contributed by atoms with van der Waals surface area (Å²) in [6, 6.07) is 10.4. The molecule has 0 spiro atoms. The summed E-state index contributed by atoms with van der Waals surface area (Å²) in [4.78, 5) is 17.5. The van der Waals surface area contributed by atoms with Gasteiger partial charge in [-0.3, -0.25) is 5.32 Å². The molecule has 1 aromatic rings. The van der Waals surface area contributed by atoms with Crippen molar-refractivity contribution in [2.24, 2.45) is 0 Å². The van der Waals surface area contributed by atoms with Gasteiger partial charge >= 0.3 is 0 Å². The van der Waals surface area contributed by atoms with E-state index in [2.05, 4.69) is 51.5 Å². The number of rotatable bonds is 11. The number of piperidine rings is 2. The summed E-state index contributed by atoms with van der Waals surface area (Å²) in [5.41, 5.74) is 1.47. The van der Waals surface area contributed by atoms with Crippen LogP contribution in [0.5, 0.6) is 0 Å². The highest BCUT2D eigenvalue weighted by Crippen LogP contribution is 2.28. The lowest BCUT2D eigenvalue weighted by Crippen LogP contribution is -2.56. The Bertz CT molecular complexity index is 782. The van der Waals surface area contributed by atoms with E-state index in [1.54, 1.807) is 0 Å². The van der Waals surface area contributed by atoms with E-state index < -0.39 is 5.54 Å². The molecular formula is C28H41N3O2. The number of ether oxygens (including phenoxy) is 1. The van der Waals surface area contributed by atoms with Crippen LogP contribution >= 0.6 is 0 Å². The molecule has 1 aliphatic carbocycles. The van der Waals surface area contributed by atoms with Gasteiger partial charge in [0.05, 0.1) is 6.61 Å². The van der Waals surface area contributed by atoms with E-state index in [9.17, 15) is 4.79 Å². The third-order valence-corrected chi connectivity index (χ3v) is 7.33. The molecule has 180 valence electrons. The van der Waals surface area contributed by atoms with Gasteiger partial charge in [0.2, 0.25) is 0 Å². The van der Waals surface area contributed by atoms with E-state index >= 15 is 0 Å². The molecule has 1 aromatic carbocycles. The van der Waals surface area contributed by atoms with E-state index in [0.717, 1.165) is 56.6 Å². The van der Waals surface area contributed by atoms with E-state index in [4.69, 9.17) is 4.74 Å². The number of nitrogens with one attached hydrogen (secondary N) is 1. The summed E-state index contributed by atoms with van der Waals surface area (Å²) in [5, 5.41) is 3.57. The Hall–Kier alpha value is -1.79. The highest BCUT2D eigenvalue weighted by Gasteiger charge is 2.38. The Balaban J connectivity index is 1.39. The maximum absolute atomic E-state index is 12.5. The summed E-state index contributed by atoms with van der Waals surface area (Å²) < 4.78 is 6.42. The van der Waals surface area contributed by atoms with Crippen LogP contribution in [-0.2, 0) is 9.53 Å². The van der Waals surface area contributed by atoms with Crippen molar-refractivity contribution in [3.8, 4) is 0 Å². The van der Waals surface area contributed by atoms with Crippen LogP contribution in [0.3, 0.4) is 0 Å². The molecule has 0 radical (unpaired) electrons. The number of carbonyl (C=O) groups excluding carboxylic acids is 1. The Labute approximate surface area is 199 Å². The topological polar surface area (TPSA) is 44.8 Å². The first-order valence-corrected chi connectivity index (χ1v) is 13.0. The van der Waals surface area contributed by atoms with Crippen molar-refractivity contribution in [2.45, 2.75) is 56.6 Å². The molecule has 0 bridgehead atoms. The highest BCUT2D eigenvalue weighted by molar-refractivity contribution is 5.81. The number of benzene rings is 1. The first-order chi connectivity index (χ1) is 16.3. The lowest BCUT2D eigenvalue weighted by molar-refractivity contribution is -0.116. The number of hydrogen-bond donors (Lipinski definition) is 1. The van der Waals surface area contributed by atoms with Crippen LogP contribution in [0.2, 0.25) is 0 Å². The number of likely N-dealkylation sites (tertiary alicyclic amines) is 2. The molecule has 0 amide bonds. The van der Waals surface area contributed by atoms with Gasteiger partial charge in [-0.1, -0.05) is 55.3 Å². The normalized spacial score (nSPS) is 26.8. The van der Waals surface area contributed by atoms with Crippen molar-refractivity contribution in [1.82, 2.24) is 15.1 Å². The van der Waals surface area contributed by atoms with Crippen LogP contribution in [0.25, 0.3) is 5.57 Å².